The van der Waals surface area contributed by atoms with Crippen LogP contribution in [0, 0.1) is 29.1 Å². The van der Waals surface area contributed by atoms with Gasteiger partial charge in [-0.3, -0.25) is 4.79 Å². The fourth-order valence-corrected chi connectivity index (χ4v) is 1.36. The van der Waals surface area contributed by atoms with Crippen LogP contribution in [-0.4, -0.2) is 15.8 Å². The average Bonchev–Trinajstić information content (AvgIpc) is 2.44. The zero-order chi connectivity index (χ0) is 14.2. The molecule has 0 atom stereocenters. The van der Waals surface area contributed by atoms with E-state index in [1.165, 1.54) is 0 Å². The van der Waals surface area contributed by atoms with E-state index in [1.807, 2.05) is 0 Å². The van der Waals surface area contributed by atoms with E-state index in [1.54, 1.807) is 0 Å². The number of nitrogens with zero attached hydrogens (tertiary/aromatic N) is 2. The van der Waals surface area contributed by atoms with Gasteiger partial charge in [0.1, 0.15) is 11.9 Å². The molecular formula is C11H3F5N2O. The number of carbonyl (C=O) groups is 1. The highest BCUT2D eigenvalue weighted by Gasteiger charge is 2.30. The highest BCUT2D eigenvalue weighted by Crippen LogP contribution is 2.24. The molecule has 2 rings (SSSR count). The summed E-state index contributed by atoms with van der Waals surface area (Å²) in [4.78, 5) is 18.5. The topological polar surface area (TPSA) is 42.9 Å². The van der Waals surface area contributed by atoms with Gasteiger partial charge in [-0.2, -0.15) is 0 Å². The number of hydrogen-bond acceptors (Lipinski definition) is 3. The summed E-state index contributed by atoms with van der Waals surface area (Å²) < 4.78 is 65.4. The van der Waals surface area contributed by atoms with Crippen LogP contribution < -0.4 is 0 Å². The predicted molar refractivity (Wildman–Crippen MR) is 51.7 cm³/mol. The first-order chi connectivity index (χ1) is 8.95. The summed E-state index contributed by atoms with van der Waals surface area (Å²) in [7, 11) is 0. The maximum Gasteiger partial charge on any atom is 0.202 e. The molecule has 1 aromatic carbocycles. The lowest BCUT2D eigenvalue weighted by Crippen LogP contribution is -2.14. The third-order valence-corrected chi connectivity index (χ3v) is 2.26. The Kier molecular flexibility index (Phi) is 3.24. The van der Waals surface area contributed by atoms with E-state index in [9.17, 15) is 26.7 Å². The fraction of sp³-hybridized carbons (Fsp3) is 0. The van der Waals surface area contributed by atoms with Gasteiger partial charge in [0.25, 0.3) is 0 Å². The number of ketones is 1. The summed E-state index contributed by atoms with van der Waals surface area (Å²) in [6, 6.07) is 0. The van der Waals surface area contributed by atoms with Gasteiger partial charge in [-0.15, -0.1) is 0 Å². The van der Waals surface area contributed by atoms with Crippen LogP contribution in [0.2, 0.25) is 0 Å². The molecule has 0 unspecified atom stereocenters. The monoisotopic (exact) mass is 274 g/mol. The van der Waals surface area contributed by atoms with Crippen molar-refractivity contribution in [1.82, 2.24) is 9.97 Å². The molecule has 19 heavy (non-hydrogen) atoms. The molecule has 98 valence electrons. The second-order valence-corrected chi connectivity index (χ2v) is 3.40. The summed E-state index contributed by atoms with van der Waals surface area (Å²) in [6.45, 7) is 0. The van der Waals surface area contributed by atoms with Crippen molar-refractivity contribution in [3.8, 4) is 0 Å². The van der Waals surface area contributed by atoms with E-state index in [2.05, 4.69) is 9.97 Å². The van der Waals surface area contributed by atoms with Gasteiger partial charge in [0.2, 0.25) is 11.6 Å². The standard InChI is InChI=1S/C11H3F5N2O/c12-6-5(7(13)9(15)10(16)8(6)14)11(19)4-1-17-3-18-2-4/h1-3H. The van der Waals surface area contributed by atoms with E-state index < -0.39 is 46.0 Å². The first-order valence-corrected chi connectivity index (χ1v) is 4.76. The molecule has 3 nitrogen and oxygen atoms in total. The molecule has 0 saturated carbocycles. The van der Waals surface area contributed by atoms with Crippen molar-refractivity contribution >= 4 is 5.78 Å². The second-order valence-electron chi connectivity index (χ2n) is 3.40. The predicted octanol–water partition coefficient (Wildman–Crippen LogP) is 2.40. The molecule has 1 aromatic heterocycles. The average molecular weight is 274 g/mol. The highest BCUT2D eigenvalue weighted by atomic mass is 19.2. The van der Waals surface area contributed by atoms with Crippen molar-refractivity contribution in [2.45, 2.75) is 0 Å². The number of rotatable bonds is 2. The quantitative estimate of drug-likeness (QED) is 0.365. The van der Waals surface area contributed by atoms with E-state index >= 15 is 0 Å². The normalized spacial score (nSPS) is 10.6. The molecule has 2 aromatic rings. The molecule has 0 spiro atoms. The second kappa shape index (κ2) is 4.71. The Hall–Kier alpha value is -2.38. The van der Waals surface area contributed by atoms with E-state index in [0.717, 1.165) is 18.7 Å². The van der Waals surface area contributed by atoms with Gasteiger partial charge in [-0.1, -0.05) is 0 Å². The van der Waals surface area contributed by atoms with Gasteiger partial charge in [0, 0.05) is 12.4 Å². The maximum atomic E-state index is 13.4. The molecule has 0 N–H and O–H groups in total. The van der Waals surface area contributed by atoms with Gasteiger partial charge < -0.3 is 0 Å². The Balaban J connectivity index is 2.67. The van der Waals surface area contributed by atoms with E-state index in [0.29, 0.717) is 0 Å². The van der Waals surface area contributed by atoms with E-state index in [-0.39, 0.29) is 0 Å². The van der Waals surface area contributed by atoms with Gasteiger partial charge in [-0.05, 0) is 0 Å². The summed E-state index contributed by atoms with van der Waals surface area (Å²) in [5.41, 5.74) is -1.93. The third kappa shape index (κ3) is 2.05. The molecule has 1 heterocycles. The highest BCUT2D eigenvalue weighted by molar-refractivity contribution is 6.09. The molecular weight excluding hydrogens is 271 g/mol. The van der Waals surface area contributed by atoms with Crippen molar-refractivity contribution in [3.63, 3.8) is 0 Å². The minimum Gasteiger partial charge on any atom is -0.288 e. The fourth-order valence-electron chi connectivity index (χ4n) is 1.36. The maximum absolute atomic E-state index is 13.4. The lowest BCUT2D eigenvalue weighted by atomic mass is 10.0. The summed E-state index contributed by atoms with van der Waals surface area (Å²) in [6.07, 6.45) is 2.83. The van der Waals surface area contributed by atoms with Crippen molar-refractivity contribution in [1.29, 1.82) is 0 Å². The van der Waals surface area contributed by atoms with Crippen molar-refractivity contribution in [3.05, 3.63) is 58.9 Å². The Morgan fingerprint density at radius 1 is 0.789 bits per heavy atom. The van der Waals surface area contributed by atoms with Crippen molar-refractivity contribution in [2.75, 3.05) is 0 Å². The largest absolute Gasteiger partial charge is 0.288 e. The molecule has 8 heteroatoms. The Labute approximate surface area is 102 Å². The van der Waals surface area contributed by atoms with E-state index in [4.69, 9.17) is 0 Å². The Morgan fingerprint density at radius 3 is 1.68 bits per heavy atom. The van der Waals surface area contributed by atoms with Crippen LogP contribution in [0.3, 0.4) is 0 Å². The number of halogens is 5. The van der Waals surface area contributed by atoms with Gasteiger partial charge in [-0.25, -0.2) is 31.9 Å². The molecule has 0 aliphatic rings. The van der Waals surface area contributed by atoms with Crippen LogP contribution in [0.15, 0.2) is 18.7 Å². The van der Waals surface area contributed by atoms with Crippen molar-refractivity contribution in [2.24, 2.45) is 0 Å². The first-order valence-electron chi connectivity index (χ1n) is 4.76. The van der Waals surface area contributed by atoms with Crippen LogP contribution in [0.25, 0.3) is 0 Å². The van der Waals surface area contributed by atoms with Gasteiger partial charge >= 0.3 is 0 Å². The third-order valence-electron chi connectivity index (χ3n) is 2.26. The number of hydrogen-bond donors (Lipinski definition) is 0. The lowest BCUT2D eigenvalue weighted by Gasteiger charge is -2.06. The number of benzene rings is 1. The smallest absolute Gasteiger partial charge is 0.202 e. The Morgan fingerprint density at radius 2 is 1.21 bits per heavy atom. The molecule has 0 fully saturated rings. The first kappa shape index (κ1) is 13.1. The molecule has 0 saturated heterocycles. The summed E-state index contributed by atoms with van der Waals surface area (Å²) >= 11 is 0. The van der Waals surface area contributed by atoms with Crippen LogP contribution in [0.1, 0.15) is 15.9 Å². The zero-order valence-corrected chi connectivity index (χ0v) is 8.92. The zero-order valence-electron chi connectivity index (χ0n) is 8.92. The van der Waals surface area contributed by atoms with Gasteiger partial charge in [0.15, 0.2) is 23.3 Å². The molecule has 0 bridgehead atoms. The SMILES string of the molecule is O=C(c1cncnc1)c1c(F)c(F)c(F)c(F)c1F. The number of carbonyl (C=O) groups excluding carboxylic acids is 1. The van der Waals surface area contributed by atoms with Crippen LogP contribution in [0.5, 0.6) is 0 Å². The van der Waals surface area contributed by atoms with Crippen LogP contribution in [0.4, 0.5) is 22.0 Å². The van der Waals surface area contributed by atoms with Crippen molar-refractivity contribution < 1.29 is 26.7 Å². The van der Waals surface area contributed by atoms with Gasteiger partial charge in [0.05, 0.1) is 5.56 Å². The minimum absolute atomic E-state index is 0.397. The molecule has 0 radical (unpaired) electrons. The number of aromatic nitrogens is 2. The Bertz CT molecular complexity index is 631. The molecule has 0 aliphatic heterocycles. The molecule has 0 aliphatic carbocycles. The van der Waals surface area contributed by atoms with Crippen LogP contribution in [-0.2, 0) is 0 Å². The lowest BCUT2D eigenvalue weighted by molar-refractivity contribution is 0.102. The summed E-state index contributed by atoms with van der Waals surface area (Å²) in [5, 5.41) is 0. The van der Waals surface area contributed by atoms with Crippen LogP contribution >= 0.6 is 0 Å². The molecule has 0 amide bonds. The minimum atomic E-state index is -2.32. The summed E-state index contributed by atoms with van der Waals surface area (Å²) in [5.74, 6) is -12.5.